The maximum atomic E-state index is 10.9. The average Bonchev–Trinajstić information content (AvgIpc) is 2.02. The van der Waals surface area contributed by atoms with Gasteiger partial charge in [-0.15, -0.1) is 0 Å². The van der Waals surface area contributed by atoms with Crippen LogP contribution in [-0.2, 0) is 4.74 Å². The molecule has 2 aliphatic rings. The van der Waals surface area contributed by atoms with Crippen LogP contribution in [0.5, 0.6) is 0 Å². The zero-order valence-corrected chi connectivity index (χ0v) is 7.08. The molecule has 0 aliphatic carbocycles. The third-order valence-electron chi connectivity index (χ3n) is 2.79. The molecular weight excluding hydrogens is 156 g/mol. The lowest BCUT2D eigenvalue weighted by Crippen LogP contribution is -2.56. The van der Waals surface area contributed by atoms with Gasteiger partial charge in [0.05, 0.1) is 13.2 Å². The third-order valence-corrected chi connectivity index (χ3v) is 2.79. The first kappa shape index (κ1) is 7.86. The van der Waals surface area contributed by atoms with Gasteiger partial charge in [0.2, 0.25) is 0 Å². The molecule has 0 unspecified atom stereocenters. The van der Waals surface area contributed by atoms with Crippen LogP contribution in [0.3, 0.4) is 0 Å². The molecule has 0 bridgehead atoms. The number of hydrogen-bond donors (Lipinski definition) is 1. The summed E-state index contributed by atoms with van der Waals surface area (Å²) >= 11 is 0. The Morgan fingerprint density at radius 1 is 1.50 bits per heavy atom. The molecule has 2 aliphatic heterocycles. The van der Waals surface area contributed by atoms with Gasteiger partial charge in [-0.1, -0.05) is 0 Å². The summed E-state index contributed by atoms with van der Waals surface area (Å²) in [7, 11) is 0. The van der Waals surface area contributed by atoms with Crippen molar-refractivity contribution in [1.82, 2.24) is 4.90 Å². The molecule has 4 heteroatoms. The summed E-state index contributed by atoms with van der Waals surface area (Å²) < 4.78 is 5.16. The first-order chi connectivity index (χ1) is 5.72. The van der Waals surface area contributed by atoms with E-state index in [1.54, 1.807) is 4.90 Å². The summed E-state index contributed by atoms with van der Waals surface area (Å²) in [6, 6.07) is -0.291. The zero-order valence-electron chi connectivity index (χ0n) is 7.08. The Morgan fingerprint density at radius 2 is 2.25 bits per heavy atom. The van der Waals surface area contributed by atoms with Crippen molar-refractivity contribution in [2.45, 2.75) is 12.8 Å². The van der Waals surface area contributed by atoms with Crippen molar-refractivity contribution in [1.29, 1.82) is 0 Å². The highest BCUT2D eigenvalue weighted by atomic mass is 16.5. The van der Waals surface area contributed by atoms with E-state index in [-0.39, 0.29) is 11.4 Å². The summed E-state index contributed by atoms with van der Waals surface area (Å²) in [6.07, 6.45) is 2.24. The Hall–Kier alpha value is -0.770. The molecule has 0 aromatic rings. The minimum atomic E-state index is -0.291. The second-order valence-electron chi connectivity index (χ2n) is 3.86. The van der Waals surface area contributed by atoms with E-state index in [2.05, 4.69) is 0 Å². The highest BCUT2D eigenvalue weighted by molar-refractivity contribution is 5.72. The molecule has 1 spiro atoms. The molecule has 0 aromatic heterocycles. The molecule has 2 heterocycles. The van der Waals surface area contributed by atoms with Crippen molar-refractivity contribution in [2.75, 3.05) is 26.3 Å². The number of hydrogen-bond acceptors (Lipinski definition) is 2. The van der Waals surface area contributed by atoms with Gasteiger partial charge in [-0.2, -0.15) is 0 Å². The van der Waals surface area contributed by atoms with E-state index in [1.165, 1.54) is 6.42 Å². The van der Waals surface area contributed by atoms with Gasteiger partial charge in [0, 0.05) is 18.5 Å². The Bertz CT molecular complexity index is 201. The normalized spacial score (nSPS) is 26.8. The van der Waals surface area contributed by atoms with Crippen LogP contribution >= 0.6 is 0 Å². The standard InChI is InChI=1S/C8H14N2O2/c9-7(11)10-3-1-2-8(4-10)5-12-6-8/h1-6H2,(H2,9,11). The number of urea groups is 1. The van der Waals surface area contributed by atoms with Gasteiger partial charge in [-0.25, -0.2) is 4.79 Å². The second-order valence-corrected chi connectivity index (χ2v) is 3.86. The number of likely N-dealkylation sites (tertiary alicyclic amines) is 1. The van der Waals surface area contributed by atoms with Gasteiger partial charge in [0.1, 0.15) is 0 Å². The number of carbonyl (C=O) groups excluding carboxylic acids is 1. The first-order valence-corrected chi connectivity index (χ1v) is 4.34. The van der Waals surface area contributed by atoms with Gasteiger partial charge in [0.15, 0.2) is 0 Å². The summed E-state index contributed by atoms with van der Waals surface area (Å²) in [5, 5.41) is 0. The highest BCUT2D eigenvalue weighted by Gasteiger charge is 2.42. The van der Waals surface area contributed by atoms with E-state index in [0.717, 1.165) is 32.7 Å². The van der Waals surface area contributed by atoms with Crippen molar-refractivity contribution in [3.8, 4) is 0 Å². The first-order valence-electron chi connectivity index (χ1n) is 4.34. The quantitative estimate of drug-likeness (QED) is 0.563. The molecule has 68 valence electrons. The monoisotopic (exact) mass is 170 g/mol. The predicted molar refractivity (Wildman–Crippen MR) is 43.6 cm³/mol. The van der Waals surface area contributed by atoms with E-state index >= 15 is 0 Å². The molecule has 12 heavy (non-hydrogen) atoms. The minimum absolute atomic E-state index is 0.257. The topological polar surface area (TPSA) is 55.6 Å². The fourth-order valence-electron chi connectivity index (χ4n) is 2.02. The van der Waals surface area contributed by atoms with Crippen molar-refractivity contribution in [3.05, 3.63) is 0 Å². The van der Waals surface area contributed by atoms with Crippen molar-refractivity contribution in [2.24, 2.45) is 11.1 Å². The van der Waals surface area contributed by atoms with E-state index in [1.807, 2.05) is 0 Å². The van der Waals surface area contributed by atoms with E-state index in [4.69, 9.17) is 10.5 Å². The van der Waals surface area contributed by atoms with Crippen LogP contribution in [0.1, 0.15) is 12.8 Å². The Balaban J connectivity index is 1.98. The van der Waals surface area contributed by atoms with Gasteiger partial charge in [-0.3, -0.25) is 0 Å². The molecule has 0 aromatic carbocycles. The van der Waals surface area contributed by atoms with Crippen molar-refractivity contribution < 1.29 is 9.53 Å². The number of amides is 2. The number of piperidine rings is 1. The zero-order chi connectivity index (χ0) is 8.60. The Kier molecular flexibility index (Phi) is 1.72. The number of nitrogens with two attached hydrogens (primary N) is 1. The molecule has 0 atom stereocenters. The largest absolute Gasteiger partial charge is 0.380 e. The van der Waals surface area contributed by atoms with Crippen LogP contribution in [0, 0.1) is 5.41 Å². The molecule has 2 saturated heterocycles. The molecule has 2 rings (SSSR count). The van der Waals surface area contributed by atoms with Crippen LogP contribution in [0.25, 0.3) is 0 Å². The van der Waals surface area contributed by atoms with Crippen molar-refractivity contribution >= 4 is 6.03 Å². The van der Waals surface area contributed by atoms with Crippen LogP contribution in [0.4, 0.5) is 4.79 Å². The number of primary amides is 1. The van der Waals surface area contributed by atoms with E-state index in [9.17, 15) is 4.79 Å². The van der Waals surface area contributed by atoms with Gasteiger partial charge >= 0.3 is 6.03 Å². The fraction of sp³-hybridized carbons (Fsp3) is 0.875. The maximum Gasteiger partial charge on any atom is 0.314 e. The smallest absolute Gasteiger partial charge is 0.314 e. The molecule has 2 fully saturated rings. The number of carbonyl (C=O) groups is 1. The maximum absolute atomic E-state index is 10.9. The summed E-state index contributed by atoms with van der Waals surface area (Å²) in [6.45, 7) is 3.22. The average molecular weight is 170 g/mol. The third kappa shape index (κ3) is 1.16. The van der Waals surface area contributed by atoms with E-state index < -0.39 is 0 Å². The molecule has 4 nitrogen and oxygen atoms in total. The molecule has 0 saturated carbocycles. The van der Waals surface area contributed by atoms with Gasteiger partial charge in [0.25, 0.3) is 0 Å². The number of ether oxygens (including phenoxy) is 1. The van der Waals surface area contributed by atoms with E-state index in [0.29, 0.717) is 0 Å². The summed E-state index contributed by atoms with van der Waals surface area (Å²) in [4.78, 5) is 12.6. The van der Waals surface area contributed by atoms with Gasteiger partial charge in [-0.05, 0) is 12.8 Å². The SMILES string of the molecule is NC(=O)N1CCCC2(COC2)C1. The highest BCUT2D eigenvalue weighted by Crippen LogP contribution is 2.36. The van der Waals surface area contributed by atoms with Crippen molar-refractivity contribution in [3.63, 3.8) is 0 Å². The fourth-order valence-corrected chi connectivity index (χ4v) is 2.02. The number of nitrogens with zero attached hydrogens (tertiary/aromatic N) is 1. The van der Waals surface area contributed by atoms with Crippen LogP contribution in [0.15, 0.2) is 0 Å². The van der Waals surface area contributed by atoms with Crippen LogP contribution < -0.4 is 5.73 Å². The van der Waals surface area contributed by atoms with Crippen LogP contribution in [-0.4, -0.2) is 37.2 Å². The van der Waals surface area contributed by atoms with Crippen LogP contribution in [0.2, 0.25) is 0 Å². The number of rotatable bonds is 0. The summed E-state index contributed by atoms with van der Waals surface area (Å²) in [5.74, 6) is 0. The Labute approximate surface area is 71.7 Å². The predicted octanol–water partition coefficient (Wildman–Crippen LogP) is 0.177. The van der Waals surface area contributed by atoms with Gasteiger partial charge < -0.3 is 15.4 Å². The lowest BCUT2D eigenvalue weighted by Gasteiger charge is -2.47. The molecule has 0 radical (unpaired) electrons. The second kappa shape index (κ2) is 2.62. The molecule has 2 N–H and O–H groups in total. The minimum Gasteiger partial charge on any atom is -0.380 e. The lowest BCUT2D eigenvalue weighted by atomic mass is 9.78. The molecule has 2 amide bonds. The Morgan fingerprint density at radius 3 is 2.75 bits per heavy atom. The summed E-state index contributed by atoms with van der Waals surface area (Å²) in [5.41, 5.74) is 5.47. The molecular formula is C8H14N2O2. The lowest BCUT2D eigenvalue weighted by molar-refractivity contribution is -0.137.